The zero-order chi connectivity index (χ0) is 34.7. The van der Waals surface area contributed by atoms with Gasteiger partial charge in [-0.15, -0.1) is 0 Å². The van der Waals surface area contributed by atoms with E-state index in [4.69, 9.17) is 0 Å². The highest BCUT2D eigenvalue weighted by atomic mass is 16.5. The van der Waals surface area contributed by atoms with E-state index in [1.54, 1.807) is 0 Å². The van der Waals surface area contributed by atoms with Gasteiger partial charge in [0.05, 0.1) is 19.6 Å². The number of nitrogens with one attached hydrogen (secondary N) is 2. The maximum atomic E-state index is 13.5. The Balaban J connectivity index is 4.32. The normalized spacial score (nSPS) is 12.8. The number of carbonyl (C=O) groups is 2. The number of hydrogen-bond donors (Lipinski definition) is 3. The number of hydrogen-bond acceptors (Lipinski definition) is 4. The number of rotatable bonds is 37. The van der Waals surface area contributed by atoms with E-state index in [0.29, 0.717) is 44.9 Å². The SMILES string of the molecule is CCCCCCCCNC(=O)CCCCC[N+]([O-])(CCCO)CCCCCC(=O)NC(CCCCCCCC)CCCCCCCC. The van der Waals surface area contributed by atoms with Crippen LogP contribution in [-0.4, -0.2) is 60.4 Å². The fraction of sp³-hybridized carbons (Fsp3) is 0.950. The van der Waals surface area contributed by atoms with Gasteiger partial charge in [0, 0.05) is 38.5 Å². The minimum absolute atomic E-state index is 0.0415. The third-order valence-electron chi connectivity index (χ3n) is 9.69. The fourth-order valence-corrected chi connectivity index (χ4v) is 6.57. The highest BCUT2D eigenvalue weighted by Crippen LogP contribution is 2.17. The van der Waals surface area contributed by atoms with Crippen molar-refractivity contribution in [2.24, 2.45) is 0 Å². The first-order valence-electron chi connectivity index (χ1n) is 20.6. The van der Waals surface area contributed by atoms with Crippen molar-refractivity contribution in [3.8, 4) is 0 Å². The predicted octanol–water partition coefficient (Wildman–Crippen LogP) is 10.3. The second-order valence-electron chi connectivity index (χ2n) is 14.4. The number of carbonyl (C=O) groups excluding carboxylic acids is 2. The van der Waals surface area contributed by atoms with Crippen LogP contribution in [0.2, 0.25) is 0 Å². The highest BCUT2D eigenvalue weighted by molar-refractivity contribution is 5.76. The van der Waals surface area contributed by atoms with Crippen molar-refractivity contribution < 1.29 is 19.3 Å². The van der Waals surface area contributed by atoms with E-state index in [1.165, 1.54) is 109 Å². The Labute approximate surface area is 292 Å². The lowest BCUT2D eigenvalue weighted by Gasteiger charge is -2.43. The Kier molecular flexibility index (Phi) is 33.8. The summed E-state index contributed by atoms with van der Waals surface area (Å²) in [4.78, 5) is 25.0. The first-order chi connectivity index (χ1) is 22.9. The molecule has 0 fully saturated rings. The van der Waals surface area contributed by atoms with Crippen molar-refractivity contribution in [1.29, 1.82) is 0 Å². The molecule has 0 aromatic rings. The van der Waals surface area contributed by atoms with Gasteiger partial charge in [0.25, 0.3) is 0 Å². The Hall–Kier alpha value is -1.18. The number of aliphatic hydroxyl groups excluding tert-OH is 1. The van der Waals surface area contributed by atoms with E-state index >= 15 is 0 Å². The van der Waals surface area contributed by atoms with Crippen LogP contribution in [0.4, 0.5) is 0 Å². The number of amides is 2. The minimum Gasteiger partial charge on any atom is -0.633 e. The van der Waals surface area contributed by atoms with Gasteiger partial charge in [-0.3, -0.25) is 9.59 Å². The molecule has 0 aromatic carbocycles. The first kappa shape index (κ1) is 45.8. The van der Waals surface area contributed by atoms with E-state index < -0.39 is 0 Å². The zero-order valence-corrected chi connectivity index (χ0v) is 31.7. The molecule has 2 amide bonds. The molecule has 7 nitrogen and oxygen atoms in total. The molecule has 0 saturated carbocycles. The van der Waals surface area contributed by atoms with Crippen molar-refractivity contribution >= 4 is 11.8 Å². The third kappa shape index (κ3) is 31.8. The molecule has 0 heterocycles. The summed E-state index contributed by atoms with van der Waals surface area (Å²) < 4.78 is -0.268. The van der Waals surface area contributed by atoms with Crippen LogP contribution < -0.4 is 10.6 Å². The summed E-state index contributed by atoms with van der Waals surface area (Å²) >= 11 is 0. The molecule has 0 radical (unpaired) electrons. The molecule has 0 rings (SSSR count). The third-order valence-corrected chi connectivity index (χ3v) is 9.69. The van der Waals surface area contributed by atoms with E-state index in [0.717, 1.165) is 64.3 Å². The summed E-state index contributed by atoms with van der Waals surface area (Å²) in [6.07, 6.45) is 31.5. The van der Waals surface area contributed by atoms with E-state index in [2.05, 4.69) is 31.4 Å². The van der Waals surface area contributed by atoms with E-state index in [9.17, 15) is 19.9 Å². The summed E-state index contributed by atoms with van der Waals surface area (Å²) in [5, 5.41) is 29.3. The Morgan fingerprint density at radius 2 is 0.936 bits per heavy atom. The Morgan fingerprint density at radius 3 is 1.43 bits per heavy atom. The van der Waals surface area contributed by atoms with Gasteiger partial charge >= 0.3 is 0 Å². The largest absolute Gasteiger partial charge is 0.633 e. The minimum atomic E-state index is -0.268. The van der Waals surface area contributed by atoms with Gasteiger partial charge in [-0.05, 0) is 57.8 Å². The number of hydroxylamine groups is 3. The quantitative estimate of drug-likeness (QED) is 0.0349. The lowest BCUT2D eigenvalue weighted by Crippen LogP contribution is -2.44. The standard InChI is InChI=1S/C40H81N3O4/c1-4-7-10-13-16-21-29-38(30-22-17-14-11-8-5-2)42-40(46)32-24-20-27-35-43(47,36-28-37-44)34-26-19-23-31-39(45)41-33-25-18-15-12-9-6-3/h38,44H,4-37H2,1-3H3,(H,41,45)(H,42,46). The van der Waals surface area contributed by atoms with E-state index in [1.807, 2.05) is 0 Å². The summed E-state index contributed by atoms with van der Waals surface area (Å²) in [7, 11) is 0. The number of unbranched alkanes of at least 4 members (excludes halogenated alkanes) is 19. The molecule has 7 heteroatoms. The van der Waals surface area contributed by atoms with Gasteiger partial charge in [0.2, 0.25) is 11.8 Å². The van der Waals surface area contributed by atoms with Crippen LogP contribution in [0.1, 0.15) is 207 Å². The molecule has 0 aromatic heterocycles. The molecule has 0 spiro atoms. The van der Waals surface area contributed by atoms with E-state index in [-0.39, 0.29) is 23.1 Å². The molecule has 0 aliphatic carbocycles. The van der Waals surface area contributed by atoms with Crippen LogP contribution in [0.5, 0.6) is 0 Å². The average Bonchev–Trinajstić information content (AvgIpc) is 3.06. The molecule has 47 heavy (non-hydrogen) atoms. The molecule has 0 aliphatic heterocycles. The topological polar surface area (TPSA) is 101 Å². The number of quaternary nitrogens is 1. The van der Waals surface area contributed by atoms with Crippen molar-refractivity contribution in [3.05, 3.63) is 5.21 Å². The summed E-state index contributed by atoms with van der Waals surface area (Å²) in [5.41, 5.74) is 0. The van der Waals surface area contributed by atoms with Gasteiger partial charge in [0.1, 0.15) is 0 Å². The lowest BCUT2D eigenvalue weighted by atomic mass is 9.99. The van der Waals surface area contributed by atoms with Crippen LogP contribution in [0, 0.1) is 5.21 Å². The average molecular weight is 668 g/mol. The summed E-state index contributed by atoms with van der Waals surface area (Å²) in [6, 6.07) is 0.302. The monoisotopic (exact) mass is 668 g/mol. The summed E-state index contributed by atoms with van der Waals surface area (Å²) in [6.45, 7) is 9.06. The first-order valence-corrected chi connectivity index (χ1v) is 20.6. The van der Waals surface area contributed by atoms with Crippen LogP contribution in [0.3, 0.4) is 0 Å². The fourth-order valence-electron chi connectivity index (χ4n) is 6.57. The van der Waals surface area contributed by atoms with Crippen LogP contribution in [-0.2, 0) is 9.59 Å². The zero-order valence-electron chi connectivity index (χ0n) is 31.7. The number of nitrogens with zero attached hydrogens (tertiary/aromatic N) is 1. The van der Waals surface area contributed by atoms with Crippen molar-refractivity contribution in [2.45, 2.75) is 213 Å². The van der Waals surface area contributed by atoms with Gasteiger partial charge in [-0.25, -0.2) is 0 Å². The van der Waals surface area contributed by atoms with Crippen LogP contribution in [0.25, 0.3) is 0 Å². The predicted molar refractivity (Wildman–Crippen MR) is 201 cm³/mol. The smallest absolute Gasteiger partial charge is 0.220 e. The molecule has 3 N–H and O–H groups in total. The van der Waals surface area contributed by atoms with Gasteiger partial charge < -0.3 is 25.6 Å². The highest BCUT2D eigenvalue weighted by Gasteiger charge is 2.17. The maximum absolute atomic E-state index is 13.5. The lowest BCUT2D eigenvalue weighted by molar-refractivity contribution is -0.881. The van der Waals surface area contributed by atoms with Crippen LogP contribution >= 0.6 is 0 Å². The van der Waals surface area contributed by atoms with Crippen molar-refractivity contribution in [3.63, 3.8) is 0 Å². The van der Waals surface area contributed by atoms with Crippen molar-refractivity contribution in [1.82, 2.24) is 10.6 Å². The van der Waals surface area contributed by atoms with Crippen LogP contribution in [0.15, 0.2) is 0 Å². The van der Waals surface area contributed by atoms with Gasteiger partial charge in [-0.1, -0.05) is 130 Å². The molecule has 1 atom stereocenters. The summed E-state index contributed by atoms with van der Waals surface area (Å²) in [5.74, 6) is 0.299. The number of aliphatic hydroxyl groups is 1. The van der Waals surface area contributed by atoms with Crippen molar-refractivity contribution in [2.75, 3.05) is 32.8 Å². The Morgan fingerprint density at radius 1 is 0.532 bits per heavy atom. The second-order valence-corrected chi connectivity index (χ2v) is 14.4. The van der Waals surface area contributed by atoms with Gasteiger partial charge in [-0.2, -0.15) is 0 Å². The molecule has 0 aliphatic rings. The molecule has 0 bridgehead atoms. The molecular weight excluding hydrogens is 586 g/mol. The molecule has 1 unspecified atom stereocenters. The molecule has 0 saturated heterocycles. The molecular formula is C40H81N3O4. The maximum Gasteiger partial charge on any atom is 0.220 e. The van der Waals surface area contributed by atoms with Gasteiger partial charge in [0.15, 0.2) is 0 Å². The second kappa shape index (κ2) is 34.7. The molecule has 280 valence electrons. The Bertz CT molecular complexity index is 676.